The van der Waals surface area contributed by atoms with Crippen molar-refractivity contribution in [2.75, 3.05) is 11.9 Å². The summed E-state index contributed by atoms with van der Waals surface area (Å²) in [5.41, 5.74) is 4.32. The zero-order valence-electron chi connectivity index (χ0n) is 12.1. The molecule has 0 aliphatic rings. The van der Waals surface area contributed by atoms with E-state index in [0.29, 0.717) is 17.3 Å². The van der Waals surface area contributed by atoms with Gasteiger partial charge in [0, 0.05) is 12.6 Å². The number of aromatic nitrogens is 2. The molecule has 0 bridgehead atoms. The van der Waals surface area contributed by atoms with Gasteiger partial charge in [0.25, 0.3) is 0 Å². The molecule has 0 amide bonds. The third-order valence-corrected chi connectivity index (χ3v) is 3.24. The average molecular weight is 266 g/mol. The molecule has 4 heteroatoms. The Balaban J connectivity index is 1.97. The fourth-order valence-electron chi connectivity index (χ4n) is 2.01. The van der Waals surface area contributed by atoms with E-state index in [0.717, 1.165) is 13.0 Å². The van der Waals surface area contributed by atoms with Gasteiger partial charge in [0.2, 0.25) is 0 Å². The van der Waals surface area contributed by atoms with Crippen LogP contribution >= 0.6 is 0 Å². The number of aryl methyl sites for hydroxylation is 3. The molecule has 0 unspecified atom stereocenters. The molecule has 0 saturated carbocycles. The Hall–Kier alpha value is -2.41. The molecular weight excluding hydrogens is 248 g/mol. The maximum absolute atomic E-state index is 8.88. The molecule has 1 heterocycles. The standard InChI is InChI=1S/C16H18N4/c1-11-4-5-14(8-12(11)2)6-7-18-16-9-15(10-17)19-13(3)20-16/h4-5,8-9H,6-7H2,1-3H3,(H,18,19,20). The number of anilines is 1. The van der Waals surface area contributed by atoms with Crippen molar-refractivity contribution in [3.05, 3.63) is 52.5 Å². The van der Waals surface area contributed by atoms with Crippen LogP contribution in [0.3, 0.4) is 0 Å². The molecule has 20 heavy (non-hydrogen) atoms. The maximum atomic E-state index is 8.88. The highest BCUT2D eigenvalue weighted by Gasteiger charge is 2.01. The fraction of sp³-hybridized carbons (Fsp3) is 0.312. The van der Waals surface area contributed by atoms with Crippen molar-refractivity contribution < 1.29 is 0 Å². The van der Waals surface area contributed by atoms with Crippen molar-refractivity contribution in [2.24, 2.45) is 0 Å². The summed E-state index contributed by atoms with van der Waals surface area (Å²) in [6.07, 6.45) is 0.923. The lowest BCUT2D eigenvalue weighted by Crippen LogP contribution is -2.08. The van der Waals surface area contributed by atoms with Crippen molar-refractivity contribution in [3.8, 4) is 6.07 Å². The molecule has 0 saturated heterocycles. The van der Waals surface area contributed by atoms with E-state index in [1.54, 1.807) is 13.0 Å². The van der Waals surface area contributed by atoms with Crippen LogP contribution in [-0.4, -0.2) is 16.5 Å². The second-order valence-corrected chi connectivity index (χ2v) is 4.89. The van der Waals surface area contributed by atoms with Gasteiger partial charge in [-0.15, -0.1) is 0 Å². The first-order valence-electron chi connectivity index (χ1n) is 6.64. The van der Waals surface area contributed by atoms with E-state index in [9.17, 15) is 0 Å². The van der Waals surface area contributed by atoms with Crippen molar-refractivity contribution in [1.82, 2.24) is 9.97 Å². The van der Waals surface area contributed by atoms with Gasteiger partial charge >= 0.3 is 0 Å². The zero-order valence-corrected chi connectivity index (χ0v) is 12.1. The molecule has 0 aliphatic carbocycles. The molecule has 1 N–H and O–H groups in total. The van der Waals surface area contributed by atoms with E-state index < -0.39 is 0 Å². The predicted molar refractivity (Wildman–Crippen MR) is 79.6 cm³/mol. The SMILES string of the molecule is Cc1nc(C#N)cc(NCCc2ccc(C)c(C)c2)n1. The molecule has 4 nitrogen and oxygen atoms in total. The molecular formula is C16H18N4. The third-order valence-electron chi connectivity index (χ3n) is 3.24. The Labute approximate surface area is 119 Å². The lowest BCUT2D eigenvalue weighted by atomic mass is 10.0. The second kappa shape index (κ2) is 6.16. The van der Waals surface area contributed by atoms with Crippen LogP contribution in [0.15, 0.2) is 24.3 Å². The molecule has 1 aromatic carbocycles. The second-order valence-electron chi connectivity index (χ2n) is 4.89. The average Bonchev–Trinajstić information content (AvgIpc) is 2.42. The topological polar surface area (TPSA) is 61.6 Å². The number of hydrogen-bond acceptors (Lipinski definition) is 4. The highest BCUT2D eigenvalue weighted by molar-refractivity contribution is 5.40. The molecule has 0 fully saturated rings. The first-order valence-corrected chi connectivity index (χ1v) is 6.64. The Kier molecular flexibility index (Phi) is 4.31. The lowest BCUT2D eigenvalue weighted by molar-refractivity contribution is 0.973. The van der Waals surface area contributed by atoms with Gasteiger partial charge in [0.15, 0.2) is 0 Å². The van der Waals surface area contributed by atoms with Crippen molar-refractivity contribution >= 4 is 5.82 Å². The van der Waals surface area contributed by atoms with Gasteiger partial charge in [-0.05, 0) is 43.9 Å². The van der Waals surface area contributed by atoms with Crippen LogP contribution in [0.5, 0.6) is 0 Å². The summed E-state index contributed by atoms with van der Waals surface area (Å²) in [4.78, 5) is 8.30. The molecule has 0 radical (unpaired) electrons. The van der Waals surface area contributed by atoms with Crippen LogP contribution in [0.25, 0.3) is 0 Å². The monoisotopic (exact) mass is 266 g/mol. The summed E-state index contributed by atoms with van der Waals surface area (Å²) in [6, 6.07) is 10.2. The summed E-state index contributed by atoms with van der Waals surface area (Å²) in [6.45, 7) is 6.81. The first kappa shape index (κ1) is 14.0. The van der Waals surface area contributed by atoms with Crippen LogP contribution < -0.4 is 5.32 Å². The Morgan fingerprint density at radius 1 is 1.10 bits per heavy atom. The summed E-state index contributed by atoms with van der Waals surface area (Å²) < 4.78 is 0. The summed E-state index contributed by atoms with van der Waals surface area (Å²) in [5.74, 6) is 1.32. The van der Waals surface area contributed by atoms with Crippen molar-refractivity contribution in [1.29, 1.82) is 5.26 Å². The first-order chi connectivity index (χ1) is 9.58. The Morgan fingerprint density at radius 2 is 1.90 bits per heavy atom. The minimum absolute atomic E-state index is 0.395. The van der Waals surface area contributed by atoms with E-state index in [1.165, 1.54) is 16.7 Å². The van der Waals surface area contributed by atoms with Crippen LogP contribution in [0, 0.1) is 32.1 Å². The van der Waals surface area contributed by atoms with Crippen LogP contribution in [0.1, 0.15) is 28.2 Å². The van der Waals surface area contributed by atoms with Gasteiger partial charge in [-0.2, -0.15) is 5.26 Å². The Morgan fingerprint density at radius 3 is 2.60 bits per heavy atom. The quantitative estimate of drug-likeness (QED) is 0.924. The zero-order chi connectivity index (χ0) is 14.5. The smallest absolute Gasteiger partial charge is 0.146 e. The minimum atomic E-state index is 0.395. The number of rotatable bonds is 4. The molecule has 0 spiro atoms. The summed E-state index contributed by atoms with van der Waals surface area (Å²) in [5, 5.41) is 12.1. The number of hydrogen-bond donors (Lipinski definition) is 1. The van der Waals surface area contributed by atoms with Gasteiger partial charge in [-0.25, -0.2) is 9.97 Å². The Bertz CT molecular complexity index is 656. The van der Waals surface area contributed by atoms with Gasteiger partial charge in [0.1, 0.15) is 23.4 Å². The molecule has 2 aromatic rings. The molecule has 0 aliphatic heterocycles. The molecule has 102 valence electrons. The number of nitriles is 1. The molecule has 1 aromatic heterocycles. The van der Waals surface area contributed by atoms with Gasteiger partial charge in [-0.3, -0.25) is 0 Å². The highest BCUT2D eigenvalue weighted by Crippen LogP contribution is 2.11. The number of benzene rings is 1. The van der Waals surface area contributed by atoms with Crippen LogP contribution in [-0.2, 0) is 6.42 Å². The largest absolute Gasteiger partial charge is 0.370 e. The number of nitrogens with one attached hydrogen (secondary N) is 1. The maximum Gasteiger partial charge on any atom is 0.146 e. The van der Waals surface area contributed by atoms with Gasteiger partial charge < -0.3 is 5.32 Å². The normalized spacial score (nSPS) is 10.1. The van der Waals surface area contributed by atoms with E-state index in [-0.39, 0.29) is 0 Å². The third kappa shape index (κ3) is 3.55. The summed E-state index contributed by atoms with van der Waals surface area (Å²) in [7, 11) is 0. The minimum Gasteiger partial charge on any atom is -0.370 e. The summed E-state index contributed by atoms with van der Waals surface area (Å²) >= 11 is 0. The highest BCUT2D eigenvalue weighted by atomic mass is 15.0. The van der Waals surface area contributed by atoms with Crippen LogP contribution in [0.4, 0.5) is 5.82 Å². The van der Waals surface area contributed by atoms with Gasteiger partial charge in [-0.1, -0.05) is 18.2 Å². The van der Waals surface area contributed by atoms with Crippen LogP contribution in [0.2, 0.25) is 0 Å². The fourth-order valence-corrected chi connectivity index (χ4v) is 2.01. The number of nitrogens with zero attached hydrogens (tertiary/aromatic N) is 3. The van der Waals surface area contributed by atoms with E-state index in [2.05, 4.69) is 47.3 Å². The van der Waals surface area contributed by atoms with Crippen molar-refractivity contribution in [3.63, 3.8) is 0 Å². The van der Waals surface area contributed by atoms with E-state index in [4.69, 9.17) is 5.26 Å². The molecule has 0 atom stereocenters. The van der Waals surface area contributed by atoms with E-state index in [1.807, 2.05) is 6.07 Å². The van der Waals surface area contributed by atoms with E-state index >= 15 is 0 Å². The lowest BCUT2D eigenvalue weighted by Gasteiger charge is -2.08. The van der Waals surface area contributed by atoms with Crippen molar-refractivity contribution in [2.45, 2.75) is 27.2 Å². The molecule has 2 rings (SSSR count). The van der Waals surface area contributed by atoms with Gasteiger partial charge in [0.05, 0.1) is 0 Å². The predicted octanol–water partition coefficient (Wildman–Crippen LogP) is 2.93.